The highest BCUT2D eigenvalue weighted by molar-refractivity contribution is 5.60. The molecular formula is C16H13N3O. The summed E-state index contributed by atoms with van der Waals surface area (Å²) in [6, 6.07) is 13.7. The van der Waals surface area contributed by atoms with Crippen LogP contribution in [0.4, 0.5) is 0 Å². The quantitative estimate of drug-likeness (QED) is 0.721. The second-order valence-electron chi connectivity index (χ2n) is 4.31. The molecule has 0 radical (unpaired) electrons. The van der Waals surface area contributed by atoms with Crippen molar-refractivity contribution in [3.63, 3.8) is 0 Å². The van der Waals surface area contributed by atoms with Crippen molar-refractivity contribution in [3.05, 3.63) is 54.2 Å². The molecule has 4 nitrogen and oxygen atoms in total. The molecule has 2 aromatic heterocycles. The molecule has 0 amide bonds. The van der Waals surface area contributed by atoms with Gasteiger partial charge < -0.3 is 5.11 Å². The number of nitrogens with zero attached hydrogens (tertiary/aromatic N) is 3. The number of aliphatic hydroxyl groups excluding tert-OH is 1. The highest BCUT2D eigenvalue weighted by Crippen LogP contribution is 2.18. The van der Waals surface area contributed by atoms with Crippen LogP contribution in [0.15, 0.2) is 48.7 Å². The van der Waals surface area contributed by atoms with Gasteiger partial charge in [-0.1, -0.05) is 17.9 Å². The van der Waals surface area contributed by atoms with Crippen molar-refractivity contribution >= 4 is 5.65 Å². The average molecular weight is 263 g/mol. The third kappa shape index (κ3) is 2.40. The maximum Gasteiger partial charge on any atom is 0.168 e. The molecule has 20 heavy (non-hydrogen) atoms. The molecule has 2 heterocycles. The van der Waals surface area contributed by atoms with Gasteiger partial charge in [0.25, 0.3) is 0 Å². The summed E-state index contributed by atoms with van der Waals surface area (Å²) in [4.78, 5) is 0. The number of aliphatic hydroxyl groups is 1. The minimum atomic E-state index is 0.0941. The van der Waals surface area contributed by atoms with Gasteiger partial charge in [-0.25, -0.2) is 0 Å². The summed E-state index contributed by atoms with van der Waals surface area (Å²) in [5.41, 5.74) is 2.75. The van der Waals surface area contributed by atoms with Crippen molar-refractivity contribution in [3.8, 4) is 23.2 Å². The van der Waals surface area contributed by atoms with Crippen molar-refractivity contribution < 1.29 is 5.11 Å². The van der Waals surface area contributed by atoms with Crippen LogP contribution in [0.25, 0.3) is 17.0 Å². The van der Waals surface area contributed by atoms with Crippen molar-refractivity contribution in [2.75, 3.05) is 6.61 Å². The van der Waals surface area contributed by atoms with Gasteiger partial charge >= 0.3 is 0 Å². The minimum Gasteiger partial charge on any atom is -0.395 e. The van der Waals surface area contributed by atoms with Crippen LogP contribution in [0.2, 0.25) is 0 Å². The molecule has 4 heteroatoms. The molecule has 1 N–H and O–H groups in total. The average Bonchev–Trinajstić information content (AvgIpc) is 2.92. The normalized spacial score (nSPS) is 10.2. The molecule has 98 valence electrons. The first-order chi connectivity index (χ1) is 9.88. The maximum atomic E-state index is 8.69. The fourth-order valence-corrected chi connectivity index (χ4v) is 1.96. The van der Waals surface area contributed by atoms with Gasteiger partial charge in [-0.05, 0) is 36.4 Å². The molecular weight excluding hydrogens is 250 g/mol. The molecule has 0 saturated carbocycles. The Balaban J connectivity index is 1.94. The van der Waals surface area contributed by atoms with Crippen LogP contribution < -0.4 is 0 Å². The van der Waals surface area contributed by atoms with E-state index in [9.17, 15) is 0 Å². The van der Waals surface area contributed by atoms with Gasteiger partial charge in [-0.3, -0.25) is 4.40 Å². The molecule has 0 unspecified atom stereocenters. The summed E-state index contributed by atoms with van der Waals surface area (Å²) in [6.07, 6.45) is 2.44. The highest BCUT2D eigenvalue weighted by atomic mass is 16.2. The molecule has 0 aliphatic heterocycles. The Morgan fingerprint density at radius 3 is 2.70 bits per heavy atom. The topological polar surface area (TPSA) is 50.4 Å². The number of pyridine rings is 1. The summed E-state index contributed by atoms with van der Waals surface area (Å²) in [5, 5.41) is 17.0. The first kappa shape index (κ1) is 12.4. The zero-order chi connectivity index (χ0) is 13.8. The third-order valence-corrected chi connectivity index (χ3v) is 2.93. The summed E-state index contributed by atoms with van der Waals surface area (Å²) in [5.74, 6) is 6.72. The van der Waals surface area contributed by atoms with Crippen LogP contribution >= 0.6 is 0 Å². The predicted molar refractivity (Wildman–Crippen MR) is 77.0 cm³/mol. The lowest BCUT2D eigenvalue weighted by Crippen LogP contribution is -1.88. The standard InChI is InChI=1S/C16H13N3O/c20-12-4-2-5-13-7-9-14(10-8-13)16-18-17-15-6-1-3-11-19(15)16/h1,3,6-11,20H,4,12H2. The zero-order valence-corrected chi connectivity index (χ0v) is 10.8. The van der Waals surface area contributed by atoms with Gasteiger partial charge in [0.15, 0.2) is 11.5 Å². The van der Waals surface area contributed by atoms with Gasteiger partial charge in [0, 0.05) is 23.7 Å². The Labute approximate surface area is 116 Å². The molecule has 0 fully saturated rings. The van der Waals surface area contributed by atoms with Crippen molar-refractivity contribution in [2.24, 2.45) is 0 Å². The summed E-state index contributed by atoms with van der Waals surface area (Å²) in [6.45, 7) is 0.0941. The van der Waals surface area contributed by atoms with E-state index in [-0.39, 0.29) is 6.61 Å². The Morgan fingerprint density at radius 2 is 1.90 bits per heavy atom. The Kier molecular flexibility index (Phi) is 3.44. The first-order valence-electron chi connectivity index (χ1n) is 6.38. The monoisotopic (exact) mass is 263 g/mol. The lowest BCUT2D eigenvalue weighted by atomic mass is 10.1. The van der Waals surface area contributed by atoms with Crippen LogP contribution in [0.3, 0.4) is 0 Å². The van der Waals surface area contributed by atoms with E-state index in [4.69, 9.17) is 5.11 Å². The number of benzene rings is 1. The van der Waals surface area contributed by atoms with Crippen molar-refractivity contribution in [1.82, 2.24) is 14.6 Å². The molecule has 0 saturated heterocycles. The number of hydrogen-bond acceptors (Lipinski definition) is 3. The SMILES string of the molecule is OCCC#Cc1ccc(-c2nnc3ccccn23)cc1. The predicted octanol–water partition coefficient (Wildman–Crippen LogP) is 2.13. The smallest absolute Gasteiger partial charge is 0.168 e. The molecule has 0 atom stereocenters. The van der Waals surface area contributed by atoms with Crippen LogP contribution in [0.1, 0.15) is 12.0 Å². The first-order valence-corrected chi connectivity index (χ1v) is 6.38. The summed E-state index contributed by atoms with van der Waals surface area (Å²) >= 11 is 0. The zero-order valence-electron chi connectivity index (χ0n) is 10.8. The van der Waals surface area contributed by atoms with E-state index in [1.165, 1.54) is 0 Å². The molecule has 0 aliphatic rings. The van der Waals surface area contributed by atoms with E-state index in [0.717, 1.165) is 22.6 Å². The summed E-state index contributed by atoms with van der Waals surface area (Å²) in [7, 11) is 0. The number of fused-ring (bicyclic) bond motifs is 1. The van der Waals surface area contributed by atoms with E-state index >= 15 is 0 Å². The number of hydrogen-bond donors (Lipinski definition) is 1. The molecule has 0 aliphatic carbocycles. The van der Waals surface area contributed by atoms with E-state index in [1.807, 2.05) is 53.1 Å². The van der Waals surface area contributed by atoms with Gasteiger partial charge in [-0.15, -0.1) is 10.2 Å². The lowest BCUT2D eigenvalue weighted by Gasteiger charge is -1.99. The van der Waals surface area contributed by atoms with Gasteiger partial charge in [0.1, 0.15) is 0 Å². The maximum absolute atomic E-state index is 8.69. The van der Waals surface area contributed by atoms with Gasteiger partial charge in [0.2, 0.25) is 0 Å². The largest absolute Gasteiger partial charge is 0.395 e. The Morgan fingerprint density at radius 1 is 1.05 bits per heavy atom. The van der Waals surface area contributed by atoms with Crippen LogP contribution in [-0.2, 0) is 0 Å². The Hall–Kier alpha value is -2.64. The molecule has 1 aromatic carbocycles. The fourth-order valence-electron chi connectivity index (χ4n) is 1.96. The van der Waals surface area contributed by atoms with Crippen LogP contribution in [-0.4, -0.2) is 26.3 Å². The lowest BCUT2D eigenvalue weighted by molar-refractivity contribution is 0.305. The Bertz CT molecular complexity index is 779. The fraction of sp³-hybridized carbons (Fsp3) is 0.125. The number of rotatable bonds is 2. The molecule has 3 aromatic rings. The van der Waals surface area contributed by atoms with E-state index in [0.29, 0.717) is 6.42 Å². The van der Waals surface area contributed by atoms with Crippen LogP contribution in [0, 0.1) is 11.8 Å². The van der Waals surface area contributed by atoms with Crippen molar-refractivity contribution in [1.29, 1.82) is 0 Å². The molecule has 0 bridgehead atoms. The molecule has 0 spiro atoms. The van der Waals surface area contributed by atoms with E-state index in [1.54, 1.807) is 0 Å². The second-order valence-corrected chi connectivity index (χ2v) is 4.31. The van der Waals surface area contributed by atoms with E-state index in [2.05, 4.69) is 22.0 Å². The van der Waals surface area contributed by atoms with Gasteiger partial charge in [0.05, 0.1) is 6.61 Å². The van der Waals surface area contributed by atoms with Gasteiger partial charge in [-0.2, -0.15) is 0 Å². The number of aromatic nitrogens is 3. The highest BCUT2D eigenvalue weighted by Gasteiger charge is 2.06. The second kappa shape index (κ2) is 5.55. The summed E-state index contributed by atoms with van der Waals surface area (Å²) < 4.78 is 1.95. The van der Waals surface area contributed by atoms with E-state index < -0.39 is 0 Å². The molecule has 3 rings (SSSR count). The minimum absolute atomic E-state index is 0.0941. The van der Waals surface area contributed by atoms with Crippen LogP contribution in [0.5, 0.6) is 0 Å². The van der Waals surface area contributed by atoms with Crippen molar-refractivity contribution in [2.45, 2.75) is 6.42 Å². The third-order valence-electron chi connectivity index (χ3n) is 2.93.